The highest BCUT2D eigenvalue weighted by Gasteiger charge is 2.36. The molecule has 0 atom stereocenters. The van der Waals surface area contributed by atoms with Crippen molar-refractivity contribution in [3.8, 4) is 0 Å². The molecule has 2 rings (SSSR count). The van der Waals surface area contributed by atoms with E-state index in [1.807, 2.05) is 18.2 Å². The second-order valence-electron chi connectivity index (χ2n) is 4.29. The molecule has 0 amide bonds. The summed E-state index contributed by atoms with van der Waals surface area (Å²) in [5.74, 6) is 0.295. The Bertz CT molecular complexity index is 484. The molecule has 1 aromatic carbocycles. The number of hydrogen-bond acceptors (Lipinski definition) is 3. The van der Waals surface area contributed by atoms with Crippen molar-refractivity contribution in [1.29, 1.82) is 0 Å². The van der Waals surface area contributed by atoms with Gasteiger partial charge in [0.15, 0.2) is 0 Å². The van der Waals surface area contributed by atoms with Gasteiger partial charge in [-0.1, -0.05) is 29.8 Å². The van der Waals surface area contributed by atoms with Crippen LogP contribution >= 0.6 is 11.6 Å². The highest BCUT2D eigenvalue weighted by Crippen LogP contribution is 2.35. The number of benzene rings is 1. The first-order valence-electron chi connectivity index (χ1n) is 5.17. The zero-order chi connectivity index (χ0) is 11.8. The van der Waals surface area contributed by atoms with Gasteiger partial charge in [0, 0.05) is 10.6 Å². The molecule has 88 valence electrons. The monoisotopic (exact) mass is 259 g/mol. The van der Waals surface area contributed by atoms with Gasteiger partial charge in [-0.15, -0.1) is 0 Å². The molecule has 1 heterocycles. The first kappa shape index (κ1) is 11.9. The van der Waals surface area contributed by atoms with E-state index >= 15 is 0 Å². The third kappa shape index (κ3) is 2.24. The van der Waals surface area contributed by atoms with Crippen molar-refractivity contribution < 1.29 is 8.42 Å². The van der Waals surface area contributed by atoms with Crippen molar-refractivity contribution in [2.24, 2.45) is 5.73 Å². The topological polar surface area (TPSA) is 60.2 Å². The van der Waals surface area contributed by atoms with Gasteiger partial charge in [0.2, 0.25) is 0 Å². The van der Waals surface area contributed by atoms with Gasteiger partial charge < -0.3 is 5.73 Å². The highest BCUT2D eigenvalue weighted by molar-refractivity contribution is 7.91. The fraction of sp³-hybridized carbons (Fsp3) is 0.455. The highest BCUT2D eigenvalue weighted by atomic mass is 35.5. The van der Waals surface area contributed by atoms with Crippen LogP contribution in [-0.2, 0) is 15.4 Å². The lowest BCUT2D eigenvalue weighted by Gasteiger charge is -2.34. The van der Waals surface area contributed by atoms with Crippen LogP contribution < -0.4 is 5.73 Å². The molecule has 3 nitrogen and oxygen atoms in total. The molecular weight excluding hydrogens is 246 g/mol. The Kier molecular flexibility index (Phi) is 2.99. The molecule has 0 bridgehead atoms. The maximum atomic E-state index is 11.4. The Hall–Kier alpha value is -0.580. The van der Waals surface area contributed by atoms with Gasteiger partial charge in [-0.05, 0) is 24.5 Å². The number of hydrogen-bond donors (Lipinski definition) is 1. The molecule has 1 saturated heterocycles. The predicted molar refractivity (Wildman–Crippen MR) is 65.2 cm³/mol. The fourth-order valence-corrected chi connectivity index (χ4v) is 3.92. The summed E-state index contributed by atoms with van der Waals surface area (Å²) in [6.45, 7) is 0. The zero-order valence-electron chi connectivity index (χ0n) is 8.82. The molecule has 0 aromatic heterocycles. The minimum atomic E-state index is -2.90. The maximum Gasteiger partial charge on any atom is 0.150 e. The van der Waals surface area contributed by atoms with E-state index in [-0.39, 0.29) is 11.5 Å². The summed E-state index contributed by atoms with van der Waals surface area (Å²) in [7, 11) is -2.90. The van der Waals surface area contributed by atoms with E-state index in [2.05, 4.69) is 0 Å². The van der Waals surface area contributed by atoms with Crippen LogP contribution in [0.25, 0.3) is 0 Å². The Balaban J connectivity index is 2.32. The van der Waals surface area contributed by atoms with Crippen molar-refractivity contribution in [2.45, 2.75) is 18.4 Å². The molecule has 5 heteroatoms. The third-order valence-electron chi connectivity index (χ3n) is 3.13. The van der Waals surface area contributed by atoms with Crippen LogP contribution in [0.15, 0.2) is 24.3 Å². The summed E-state index contributed by atoms with van der Waals surface area (Å²) < 4.78 is 22.7. The van der Waals surface area contributed by atoms with Gasteiger partial charge >= 0.3 is 0 Å². The summed E-state index contributed by atoms with van der Waals surface area (Å²) >= 11 is 6.09. The van der Waals surface area contributed by atoms with Crippen molar-refractivity contribution in [3.63, 3.8) is 0 Å². The first-order chi connectivity index (χ1) is 7.43. The largest absolute Gasteiger partial charge is 0.321 e. The second kappa shape index (κ2) is 4.02. The van der Waals surface area contributed by atoms with Gasteiger partial charge in [-0.2, -0.15) is 0 Å². The molecule has 1 aliphatic heterocycles. The Morgan fingerprint density at radius 3 is 2.31 bits per heavy atom. The average molecular weight is 260 g/mol. The summed E-state index contributed by atoms with van der Waals surface area (Å²) in [5.41, 5.74) is 6.51. The van der Waals surface area contributed by atoms with Gasteiger partial charge in [0.05, 0.1) is 11.5 Å². The molecule has 0 spiro atoms. The summed E-state index contributed by atoms with van der Waals surface area (Å²) in [6.07, 6.45) is 0.887. The van der Waals surface area contributed by atoms with Crippen molar-refractivity contribution in [3.05, 3.63) is 34.9 Å². The van der Waals surface area contributed by atoms with E-state index in [0.29, 0.717) is 17.9 Å². The van der Waals surface area contributed by atoms with E-state index in [9.17, 15) is 8.42 Å². The standard InChI is InChI=1S/C11H14ClNO2S/c12-10-4-2-1-3-9(10)11(13)5-7-16(14,15)8-6-11/h1-4H,5-8,13H2. The van der Waals surface area contributed by atoms with Gasteiger partial charge in [0.25, 0.3) is 0 Å². The van der Waals surface area contributed by atoms with Crippen LogP contribution in [-0.4, -0.2) is 19.9 Å². The fourth-order valence-electron chi connectivity index (χ4n) is 2.04. The lowest BCUT2D eigenvalue weighted by atomic mass is 9.85. The minimum Gasteiger partial charge on any atom is -0.321 e. The maximum absolute atomic E-state index is 11.4. The van der Waals surface area contributed by atoms with Crippen LogP contribution in [0.4, 0.5) is 0 Å². The van der Waals surface area contributed by atoms with Crippen LogP contribution in [0, 0.1) is 0 Å². The van der Waals surface area contributed by atoms with E-state index in [1.54, 1.807) is 6.07 Å². The predicted octanol–water partition coefficient (Wildman–Crippen LogP) is 1.70. The van der Waals surface area contributed by atoms with E-state index in [0.717, 1.165) is 5.56 Å². The zero-order valence-corrected chi connectivity index (χ0v) is 10.4. The van der Waals surface area contributed by atoms with Crippen molar-refractivity contribution in [1.82, 2.24) is 0 Å². The molecule has 2 N–H and O–H groups in total. The SMILES string of the molecule is NC1(c2ccccc2Cl)CCS(=O)(=O)CC1. The molecule has 0 saturated carbocycles. The molecule has 0 aliphatic carbocycles. The van der Waals surface area contributed by atoms with Crippen molar-refractivity contribution >= 4 is 21.4 Å². The van der Waals surface area contributed by atoms with Gasteiger partial charge in [0.1, 0.15) is 9.84 Å². The summed E-state index contributed by atoms with van der Waals surface area (Å²) in [4.78, 5) is 0. The Morgan fingerprint density at radius 1 is 1.19 bits per heavy atom. The summed E-state index contributed by atoms with van der Waals surface area (Å²) in [5, 5.41) is 0.615. The first-order valence-corrected chi connectivity index (χ1v) is 7.37. The lowest BCUT2D eigenvalue weighted by molar-refractivity contribution is 0.396. The molecule has 16 heavy (non-hydrogen) atoms. The van der Waals surface area contributed by atoms with Gasteiger partial charge in [-0.25, -0.2) is 8.42 Å². The lowest BCUT2D eigenvalue weighted by Crippen LogP contribution is -2.44. The molecule has 1 fully saturated rings. The molecule has 1 aromatic rings. The van der Waals surface area contributed by atoms with E-state index < -0.39 is 15.4 Å². The van der Waals surface area contributed by atoms with Crippen LogP contribution in [0.1, 0.15) is 18.4 Å². The molecule has 0 unspecified atom stereocenters. The number of halogens is 1. The average Bonchev–Trinajstić information content (AvgIpc) is 2.24. The number of sulfone groups is 1. The van der Waals surface area contributed by atoms with Crippen LogP contribution in [0.3, 0.4) is 0 Å². The third-order valence-corrected chi connectivity index (χ3v) is 5.11. The molecular formula is C11H14ClNO2S. The Labute approximate surface area is 101 Å². The van der Waals surface area contributed by atoms with Crippen LogP contribution in [0.5, 0.6) is 0 Å². The Morgan fingerprint density at radius 2 is 1.75 bits per heavy atom. The van der Waals surface area contributed by atoms with Crippen LogP contribution in [0.2, 0.25) is 5.02 Å². The smallest absolute Gasteiger partial charge is 0.150 e. The van der Waals surface area contributed by atoms with E-state index in [1.165, 1.54) is 0 Å². The molecule has 0 radical (unpaired) electrons. The second-order valence-corrected chi connectivity index (χ2v) is 7.00. The normalized spacial score (nSPS) is 22.9. The number of rotatable bonds is 1. The number of nitrogens with two attached hydrogens (primary N) is 1. The van der Waals surface area contributed by atoms with Crippen molar-refractivity contribution in [2.75, 3.05) is 11.5 Å². The summed E-state index contributed by atoms with van der Waals surface area (Å²) in [6, 6.07) is 7.38. The quantitative estimate of drug-likeness (QED) is 0.835. The minimum absolute atomic E-state index is 0.148. The van der Waals surface area contributed by atoms with E-state index in [4.69, 9.17) is 17.3 Å². The molecule has 1 aliphatic rings. The van der Waals surface area contributed by atoms with Gasteiger partial charge in [-0.3, -0.25) is 0 Å².